The number of hydrogen-bond acceptors (Lipinski definition) is 3. The standard InChI is InChI=1S/C24H27ClN4O2/c1-17(2)13-22(28-23(30)20-7-9-21(25)10-8-20)24(31)26-15-18-5-3-6-19(14-18)16-29-12-4-11-27-29/h3-12,14,17,22H,13,15-16H2,1-2H3,(H,26,31)(H,28,30). The van der Waals surface area contributed by atoms with E-state index in [1.807, 2.05) is 55.1 Å². The summed E-state index contributed by atoms with van der Waals surface area (Å²) in [6.07, 6.45) is 4.20. The summed E-state index contributed by atoms with van der Waals surface area (Å²) in [6, 6.07) is 15.9. The zero-order chi connectivity index (χ0) is 22.2. The number of halogens is 1. The highest BCUT2D eigenvalue weighted by atomic mass is 35.5. The molecule has 2 aromatic carbocycles. The van der Waals surface area contributed by atoms with Gasteiger partial charge in [-0.05, 0) is 53.8 Å². The van der Waals surface area contributed by atoms with E-state index in [0.717, 1.165) is 11.1 Å². The summed E-state index contributed by atoms with van der Waals surface area (Å²) in [6.45, 7) is 5.10. The lowest BCUT2D eigenvalue weighted by molar-refractivity contribution is -0.123. The molecule has 1 aromatic heterocycles. The van der Waals surface area contributed by atoms with E-state index >= 15 is 0 Å². The Balaban J connectivity index is 1.61. The van der Waals surface area contributed by atoms with Gasteiger partial charge in [-0.3, -0.25) is 14.3 Å². The number of carbonyl (C=O) groups excluding carboxylic acids is 2. The summed E-state index contributed by atoms with van der Waals surface area (Å²) in [7, 11) is 0. The average Bonchev–Trinajstić information content (AvgIpc) is 3.25. The second-order valence-electron chi connectivity index (χ2n) is 7.90. The molecule has 0 aliphatic rings. The van der Waals surface area contributed by atoms with Crippen LogP contribution in [0.4, 0.5) is 0 Å². The van der Waals surface area contributed by atoms with Gasteiger partial charge in [0.1, 0.15) is 6.04 Å². The van der Waals surface area contributed by atoms with Crippen LogP contribution in [-0.4, -0.2) is 27.6 Å². The van der Waals surface area contributed by atoms with Crippen LogP contribution in [-0.2, 0) is 17.9 Å². The molecule has 0 aliphatic carbocycles. The summed E-state index contributed by atoms with van der Waals surface area (Å²) in [5.41, 5.74) is 2.56. The first-order valence-electron chi connectivity index (χ1n) is 10.3. The first-order chi connectivity index (χ1) is 14.9. The van der Waals surface area contributed by atoms with Gasteiger partial charge in [-0.2, -0.15) is 5.10 Å². The summed E-state index contributed by atoms with van der Waals surface area (Å²) in [4.78, 5) is 25.4. The van der Waals surface area contributed by atoms with Crippen molar-refractivity contribution in [2.45, 2.75) is 39.4 Å². The van der Waals surface area contributed by atoms with Crippen LogP contribution < -0.4 is 10.6 Å². The van der Waals surface area contributed by atoms with Crippen molar-refractivity contribution in [3.05, 3.63) is 88.7 Å². The minimum Gasteiger partial charge on any atom is -0.350 e. The number of hydrogen-bond donors (Lipinski definition) is 2. The lowest BCUT2D eigenvalue weighted by Crippen LogP contribution is -2.47. The molecule has 0 saturated carbocycles. The minimum absolute atomic E-state index is 0.200. The molecule has 0 radical (unpaired) electrons. The second-order valence-corrected chi connectivity index (χ2v) is 8.34. The van der Waals surface area contributed by atoms with Crippen molar-refractivity contribution >= 4 is 23.4 Å². The van der Waals surface area contributed by atoms with Crippen LogP contribution in [0.5, 0.6) is 0 Å². The Kier molecular flexibility index (Phi) is 7.84. The molecule has 3 aromatic rings. The van der Waals surface area contributed by atoms with E-state index in [9.17, 15) is 9.59 Å². The molecule has 1 unspecified atom stereocenters. The fourth-order valence-corrected chi connectivity index (χ4v) is 3.40. The van der Waals surface area contributed by atoms with E-state index in [0.29, 0.717) is 30.1 Å². The maximum atomic E-state index is 12.9. The van der Waals surface area contributed by atoms with Gasteiger partial charge in [0, 0.05) is 29.5 Å². The van der Waals surface area contributed by atoms with Gasteiger partial charge in [-0.15, -0.1) is 0 Å². The molecule has 2 amide bonds. The lowest BCUT2D eigenvalue weighted by atomic mass is 10.0. The minimum atomic E-state index is -0.615. The Labute approximate surface area is 187 Å². The van der Waals surface area contributed by atoms with Crippen LogP contribution in [0.15, 0.2) is 67.0 Å². The van der Waals surface area contributed by atoms with Crippen LogP contribution >= 0.6 is 11.6 Å². The van der Waals surface area contributed by atoms with Crippen molar-refractivity contribution < 1.29 is 9.59 Å². The van der Waals surface area contributed by atoms with Gasteiger partial charge in [0.25, 0.3) is 5.91 Å². The molecule has 162 valence electrons. The van der Waals surface area contributed by atoms with Crippen LogP contribution in [0.3, 0.4) is 0 Å². The van der Waals surface area contributed by atoms with Crippen molar-refractivity contribution in [1.29, 1.82) is 0 Å². The third kappa shape index (κ3) is 6.96. The van der Waals surface area contributed by atoms with E-state index < -0.39 is 6.04 Å². The van der Waals surface area contributed by atoms with E-state index in [2.05, 4.69) is 15.7 Å². The molecule has 6 nitrogen and oxygen atoms in total. The van der Waals surface area contributed by atoms with Crippen molar-refractivity contribution in [2.24, 2.45) is 5.92 Å². The SMILES string of the molecule is CC(C)CC(NC(=O)c1ccc(Cl)cc1)C(=O)NCc1cccc(Cn2cccn2)c1. The molecule has 0 saturated heterocycles. The smallest absolute Gasteiger partial charge is 0.251 e. The maximum Gasteiger partial charge on any atom is 0.251 e. The molecule has 2 N–H and O–H groups in total. The first-order valence-corrected chi connectivity index (χ1v) is 10.7. The average molecular weight is 439 g/mol. The Morgan fingerprint density at radius 2 is 1.81 bits per heavy atom. The number of nitrogens with one attached hydrogen (secondary N) is 2. The molecular weight excluding hydrogens is 412 g/mol. The molecule has 0 spiro atoms. The zero-order valence-electron chi connectivity index (χ0n) is 17.7. The molecule has 0 fully saturated rings. The largest absolute Gasteiger partial charge is 0.350 e. The predicted octanol–water partition coefficient (Wildman–Crippen LogP) is 4.05. The molecule has 0 aliphatic heterocycles. The molecular formula is C24H27ClN4O2. The predicted molar refractivity (Wildman–Crippen MR) is 122 cm³/mol. The van der Waals surface area contributed by atoms with Crippen LogP contribution in [0.25, 0.3) is 0 Å². The van der Waals surface area contributed by atoms with Gasteiger partial charge >= 0.3 is 0 Å². The summed E-state index contributed by atoms with van der Waals surface area (Å²) in [5, 5.41) is 10.6. The van der Waals surface area contributed by atoms with Crippen LogP contribution in [0.2, 0.25) is 5.02 Å². The topological polar surface area (TPSA) is 76.0 Å². The highest BCUT2D eigenvalue weighted by Crippen LogP contribution is 2.12. The van der Waals surface area contributed by atoms with Crippen LogP contribution in [0, 0.1) is 5.92 Å². The Hall–Kier alpha value is -3.12. The molecule has 31 heavy (non-hydrogen) atoms. The molecule has 3 rings (SSSR count). The summed E-state index contributed by atoms with van der Waals surface area (Å²) in [5.74, 6) is -0.245. The fraction of sp³-hybridized carbons (Fsp3) is 0.292. The Morgan fingerprint density at radius 3 is 2.48 bits per heavy atom. The van der Waals surface area contributed by atoms with Crippen molar-refractivity contribution in [3.8, 4) is 0 Å². The Bertz CT molecular complexity index is 1000. The highest BCUT2D eigenvalue weighted by molar-refractivity contribution is 6.30. The number of rotatable bonds is 9. The molecule has 7 heteroatoms. The van der Waals surface area contributed by atoms with Crippen molar-refractivity contribution in [1.82, 2.24) is 20.4 Å². The van der Waals surface area contributed by atoms with Gasteiger partial charge in [0.2, 0.25) is 5.91 Å². The van der Waals surface area contributed by atoms with Gasteiger partial charge in [-0.25, -0.2) is 0 Å². The summed E-state index contributed by atoms with van der Waals surface area (Å²) < 4.78 is 1.85. The summed E-state index contributed by atoms with van der Waals surface area (Å²) >= 11 is 5.89. The van der Waals surface area contributed by atoms with Crippen molar-refractivity contribution in [2.75, 3.05) is 0 Å². The quantitative estimate of drug-likeness (QED) is 0.529. The van der Waals surface area contributed by atoms with Gasteiger partial charge in [-0.1, -0.05) is 49.7 Å². The van der Waals surface area contributed by atoms with E-state index in [1.54, 1.807) is 30.5 Å². The molecule has 1 atom stereocenters. The van der Waals surface area contributed by atoms with E-state index in [-0.39, 0.29) is 17.7 Å². The van der Waals surface area contributed by atoms with Crippen LogP contribution in [0.1, 0.15) is 41.8 Å². The fourth-order valence-electron chi connectivity index (χ4n) is 3.28. The number of carbonyl (C=O) groups is 2. The number of aromatic nitrogens is 2. The number of amides is 2. The van der Waals surface area contributed by atoms with E-state index in [4.69, 9.17) is 11.6 Å². The highest BCUT2D eigenvalue weighted by Gasteiger charge is 2.22. The monoisotopic (exact) mass is 438 g/mol. The van der Waals surface area contributed by atoms with Gasteiger partial charge in [0.05, 0.1) is 6.54 Å². The first kappa shape index (κ1) is 22.6. The van der Waals surface area contributed by atoms with E-state index in [1.165, 1.54) is 0 Å². The number of benzene rings is 2. The van der Waals surface area contributed by atoms with Gasteiger partial charge < -0.3 is 10.6 Å². The number of nitrogens with zero attached hydrogens (tertiary/aromatic N) is 2. The molecule has 0 bridgehead atoms. The Morgan fingerprint density at radius 1 is 1.06 bits per heavy atom. The maximum absolute atomic E-state index is 12.9. The second kappa shape index (κ2) is 10.8. The molecule has 1 heterocycles. The van der Waals surface area contributed by atoms with Gasteiger partial charge in [0.15, 0.2) is 0 Å². The third-order valence-corrected chi connectivity index (χ3v) is 5.05. The third-order valence-electron chi connectivity index (χ3n) is 4.80. The normalized spacial score (nSPS) is 11.9. The lowest BCUT2D eigenvalue weighted by Gasteiger charge is -2.20. The zero-order valence-corrected chi connectivity index (χ0v) is 18.5. The van der Waals surface area contributed by atoms with Crippen molar-refractivity contribution in [3.63, 3.8) is 0 Å².